The van der Waals surface area contributed by atoms with Crippen molar-refractivity contribution in [3.63, 3.8) is 0 Å². The summed E-state index contributed by atoms with van der Waals surface area (Å²) in [5, 5.41) is 0. The summed E-state index contributed by atoms with van der Waals surface area (Å²) in [4.78, 5) is 23.1. The van der Waals surface area contributed by atoms with Crippen molar-refractivity contribution in [1.82, 2.24) is 14.9 Å². The summed E-state index contributed by atoms with van der Waals surface area (Å²) in [6.07, 6.45) is 3.72. The van der Waals surface area contributed by atoms with E-state index < -0.39 is 5.91 Å². The summed E-state index contributed by atoms with van der Waals surface area (Å²) >= 11 is 0. The highest BCUT2D eigenvalue weighted by atomic mass is 16.5. The maximum Gasteiger partial charge on any atom is 0.272 e. The van der Waals surface area contributed by atoms with Crippen molar-refractivity contribution < 1.29 is 14.3 Å². The molecule has 8 heteroatoms. The third-order valence-electron chi connectivity index (χ3n) is 5.39. The minimum atomic E-state index is -0.726. The Morgan fingerprint density at radius 3 is 2.45 bits per heavy atom. The first-order valence-electron chi connectivity index (χ1n) is 10.8. The first-order chi connectivity index (χ1) is 15.9. The average molecular weight is 446 g/mol. The topological polar surface area (TPSA) is 117 Å². The third kappa shape index (κ3) is 5.30. The fourth-order valence-electron chi connectivity index (χ4n) is 3.56. The number of anilines is 1. The van der Waals surface area contributed by atoms with Gasteiger partial charge in [-0.05, 0) is 55.3 Å². The van der Waals surface area contributed by atoms with Crippen molar-refractivity contribution >= 4 is 17.2 Å². The number of ether oxygens (including phenoxy) is 2. The fraction of sp³-hybridized carbons (Fsp3) is 0.240. The molecule has 2 heterocycles. The van der Waals surface area contributed by atoms with Crippen LogP contribution in [0.25, 0.3) is 5.57 Å². The van der Waals surface area contributed by atoms with Crippen LogP contribution in [0.5, 0.6) is 23.3 Å². The number of hydrogen-bond donors (Lipinski definition) is 2. The fourth-order valence-corrected chi connectivity index (χ4v) is 3.56. The molecule has 1 aliphatic heterocycles. The van der Waals surface area contributed by atoms with E-state index in [0.29, 0.717) is 29.3 Å². The highest BCUT2D eigenvalue weighted by molar-refractivity contribution is 5.93. The Morgan fingerprint density at radius 2 is 1.82 bits per heavy atom. The molecule has 0 aliphatic carbocycles. The molecule has 4 N–H and O–H groups in total. The smallest absolute Gasteiger partial charge is 0.272 e. The number of nitrogens with zero attached hydrogens (tertiary/aromatic N) is 3. The average Bonchev–Trinajstić information content (AvgIpc) is 2.80. The monoisotopic (exact) mass is 445 g/mol. The Kier molecular flexibility index (Phi) is 6.55. The molecule has 4 rings (SSSR count). The van der Waals surface area contributed by atoms with Crippen molar-refractivity contribution in [3.05, 3.63) is 71.6 Å². The SMILES string of the molecule is CCc1nc(C(N)=O)c(Oc2ccc(C3=CCN(C)CC3)cc2)nc1Oc1cccc(N)c1. The van der Waals surface area contributed by atoms with Crippen LogP contribution in [0.3, 0.4) is 0 Å². The number of carbonyl (C=O) groups excluding carboxylic acids is 1. The molecule has 0 spiro atoms. The molecule has 8 nitrogen and oxygen atoms in total. The van der Waals surface area contributed by atoms with E-state index in [1.54, 1.807) is 24.3 Å². The van der Waals surface area contributed by atoms with Crippen molar-refractivity contribution in [2.75, 3.05) is 25.9 Å². The van der Waals surface area contributed by atoms with E-state index >= 15 is 0 Å². The summed E-state index contributed by atoms with van der Waals surface area (Å²) in [6, 6.07) is 14.6. The molecule has 0 saturated carbocycles. The van der Waals surface area contributed by atoms with E-state index in [4.69, 9.17) is 20.9 Å². The standard InChI is InChI=1S/C25H27N5O3/c1-3-21-24(33-20-6-4-5-18(26)15-20)29-25(22(28-21)23(27)31)32-19-9-7-16(8-10-19)17-11-13-30(2)14-12-17/h4-11,15H,3,12-14,26H2,1-2H3,(H2,27,31). The van der Waals surface area contributed by atoms with Gasteiger partial charge in [0.2, 0.25) is 5.88 Å². The second-order valence-corrected chi connectivity index (χ2v) is 7.89. The molecule has 0 fully saturated rings. The second-order valence-electron chi connectivity index (χ2n) is 7.89. The maximum absolute atomic E-state index is 12.1. The number of hydrogen-bond acceptors (Lipinski definition) is 7. The number of aromatic nitrogens is 2. The van der Waals surface area contributed by atoms with Gasteiger partial charge in [-0.3, -0.25) is 4.79 Å². The van der Waals surface area contributed by atoms with Gasteiger partial charge >= 0.3 is 0 Å². The largest absolute Gasteiger partial charge is 0.437 e. The molecule has 33 heavy (non-hydrogen) atoms. The van der Waals surface area contributed by atoms with Gasteiger partial charge in [0.25, 0.3) is 11.8 Å². The number of amides is 1. The summed E-state index contributed by atoms with van der Waals surface area (Å²) < 4.78 is 11.8. The van der Waals surface area contributed by atoms with Crippen molar-refractivity contribution in [2.45, 2.75) is 19.8 Å². The molecule has 1 amide bonds. The lowest BCUT2D eigenvalue weighted by Crippen LogP contribution is -2.23. The summed E-state index contributed by atoms with van der Waals surface area (Å²) in [5.74, 6) is 0.521. The van der Waals surface area contributed by atoms with Gasteiger partial charge in [0, 0.05) is 24.8 Å². The van der Waals surface area contributed by atoms with Crippen LogP contribution in [0.15, 0.2) is 54.6 Å². The van der Waals surface area contributed by atoms with E-state index in [9.17, 15) is 4.79 Å². The number of nitrogens with two attached hydrogens (primary N) is 2. The van der Waals surface area contributed by atoms with Crippen LogP contribution < -0.4 is 20.9 Å². The Balaban J connectivity index is 1.62. The van der Waals surface area contributed by atoms with E-state index in [2.05, 4.69) is 28.0 Å². The van der Waals surface area contributed by atoms with Gasteiger partial charge in [-0.25, -0.2) is 4.98 Å². The normalized spacial score (nSPS) is 13.9. The predicted molar refractivity (Wildman–Crippen MR) is 127 cm³/mol. The predicted octanol–water partition coefficient (Wildman–Crippen LogP) is 4.02. The van der Waals surface area contributed by atoms with E-state index in [1.807, 2.05) is 31.2 Å². The van der Waals surface area contributed by atoms with Gasteiger partial charge in [0.05, 0.1) is 0 Å². The zero-order valence-corrected chi connectivity index (χ0v) is 18.7. The van der Waals surface area contributed by atoms with Crippen LogP contribution in [0, 0.1) is 0 Å². The highest BCUT2D eigenvalue weighted by Crippen LogP contribution is 2.31. The van der Waals surface area contributed by atoms with Crippen LogP contribution in [0.4, 0.5) is 5.69 Å². The molecule has 0 bridgehead atoms. The Labute approximate surface area is 192 Å². The Morgan fingerprint density at radius 1 is 1.06 bits per heavy atom. The van der Waals surface area contributed by atoms with Gasteiger partial charge in [-0.2, -0.15) is 4.98 Å². The Hall–Kier alpha value is -3.91. The number of benzene rings is 2. The lowest BCUT2D eigenvalue weighted by atomic mass is 10.00. The highest BCUT2D eigenvalue weighted by Gasteiger charge is 2.20. The van der Waals surface area contributed by atoms with E-state index in [0.717, 1.165) is 25.1 Å². The van der Waals surface area contributed by atoms with Gasteiger partial charge < -0.3 is 25.8 Å². The molecule has 0 atom stereocenters. The number of rotatable bonds is 7. The molecule has 1 aromatic heterocycles. The zero-order chi connectivity index (χ0) is 23.4. The molecular weight excluding hydrogens is 418 g/mol. The lowest BCUT2D eigenvalue weighted by molar-refractivity contribution is 0.0992. The van der Waals surface area contributed by atoms with E-state index in [1.165, 1.54) is 5.57 Å². The summed E-state index contributed by atoms with van der Waals surface area (Å²) in [6.45, 7) is 3.85. The molecule has 0 saturated heterocycles. The van der Waals surface area contributed by atoms with Crippen molar-refractivity contribution in [1.29, 1.82) is 0 Å². The van der Waals surface area contributed by atoms with Gasteiger partial charge in [-0.15, -0.1) is 0 Å². The number of aryl methyl sites for hydroxylation is 1. The quantitative estimate of drug-likeness (QED) is 0.528. The molecule has 0 radical (unpaired) electrons. The molecule has 0 unspecified atom stereocenters. The number of carbonyl (C=O) groups is 1. The van der Waals surface area contributed by atoms with E-state index in [-0.39, 0.29) is 17.5 Å². The molecule has 170 valence electrons. The second kappa shape index (κ2) is 9.70. The number of primary amides is 1. The van der Waals surface area contributed by atoms with Crippen molar-refractivity contribution in [2.24, 2.45) is 5.73 Å². The first-order valence-corrected chi connectivity index (χ1v) is 10.8. The Bertz CT molecular complexity index is 1190. The molecule has 3 aromatic rings. The van der Waals surface area contributed by atoms with Gasteiger partial charge in [0.1, 0.15) is 17.2 Å². The van der Waals surface area contributed by atoms with Crippen LogP contribution in [-0.4, -0.2) is 40.9 Å². The molecule has 2 aromatic carbocycles. The minimum Gasteiger partial charge on any atom is -0.437 e. The lowest BCUT2D eigenvalue weighted by Gasteiger charge is -2.22. The summed E-state index contributed by atoms with van der Waals surface area (Å²) in [5.41, 5.74) is 14.9. The van der Waals surface area contributed by atoms with Gasteiger partial charge in [-0.1, -0.05) is 31.2 Å². The minimum absolute atomic E-state index is 0.00939. The molecular formula is C25H27N5O3. The zero-order valence-electron chi connectivity index (χ0n) is 18.7. The summed E-state index contributed by atoms with van der Waals surface area (Å²) in [7, 11) is 2.11. The maximum atomic E-state index is 12.1. The van der Waals surface area contributed by atoms with Gasteiger partial charge in [0.15, 0.2) is 5.69 Å². The van der Waals surface area contributed by atoms with Crippen LogP contribution in [-0.2, 0) is 6.42 Å². The van der Waals surface area contributed by atoms with Crippen LogP contribution in [0.1, 0.15) is 35.1 Å². The first kappa shape index (κ1) is 22.3. The van der Waals surface area contributed by atoms with Crippen LogP contribution >= 0.6 is 0 Å². The molecule has 1 aliphatic rings. The number of nitrogen functional groups attached to an aromatic ring is 1. The van der Waals surface area contributed by atoms with Crippen LogP contribution in [0.2, 0.25) is 0 Å². The number of likely N-dealkylation sites (N-methyl/N-ethyl adjacent to an activating group) is 1. The third-order valence-corrected chi connectivity index (χ3v) is 5.39. The van der Waals surface area contributed by atoms with Crippen molar-refractivity contribution in [3.8, 4) is 23.3 Å².